The Balaban J connectivity index is 1.34. The molecule has 2 aliphatic carbocycles. The number of rotatable bonds is 6. The number of carbonyl (C=O) groups is 2. The minimum absolute atomic E-state index is 0.0715. The van der Waals surface area contributed by atoms with E-state index in [0.717, 1.165) is 43.2 Å². The lowest BCUT2D eigenvalue weighted by atomic mass is 10.1. The van der Waals surface area contributed by atoms with Gasteiger partial charge in [0.1, 0.15) is 18.2 Å². The number of benzene rings is 1. The molecule has 1 fully saturated rings. The molecular formula is C23H24N2O5S. The highest BCUT2D eigenvalue weighted by Crippen LogP contribution is 2.41. The summed E-state index contributed by atoms with van der Waals surface area (Å²) in [7, 11) is 1.57. The largest absolute Gasteiger partial charge is 0.493 e. The van der Waals surface area contributed by atoms with Crippen molar-refractivity contribution in [3.8, 4) is 17.2 Å². The van der Waals surface area contributed by atoms with Crippen LogP contribution in [0.1, 0.15) is 45.6 Å². The standard InChI is InChI=1S/C23H24N2O5S/c1-28-16-11-13(12-17-21(16)30-10-9-29-17)5-8-19(26)25-23-20(22(27)24-14-6-7-14)15-3-2-4-18(15)31-23/h5,8,11-12,14H,2-4,6-7,9-10H2,1H3,(H,24,27)(H,25,26)/b8-5-. The van der Waals surface area contributed by atoms with Crippen molar-refractivity contribution in [2.75, 3.05) is 25.6 Å². The average molecular weight is 441 g/mol. The molecule has 0 spiro atoms. The van der Waals surface area contributed by atoms with Gasteiger partial charge in [-0.1, -0.05) is 0 Å². The maximum Gasteiger partial charge on any atom is 0.254 e. The molecule has 162 valence electrons. The first-order valence-electron chi connectivity index (χ1n) is 10.5. The van der Waals surface area contributed by atoms with Crippen LogP contribution in [0.5, 0.6) is 17.2 Å². The molecule has 3 aliphatic rings. The smallest absolute Gasteiger partial charge is 0.254 e. The Hall–Kier alpha value is -3.00. The van der Waals surface area contributed by atoms with Crippen LogP contribution in [0.4, 0.5) is 5.00 Å². The quantitative estimate of drug-likeness (QED) is 0.671. The Morgan fingerprint density at radius 3 is 2.84 bits per heavy atom. The van der Waals surface area contributed by atoms with Crippen LogP contribution in [0.2, 0.25) is 0 Å². The molecular weight excluding hydrogens is 416 g/mol. The van der Waals surface area contributed by atoms with E-state index in [9.17, 15) is 9.59 Å². The Morgan fingerprint density at radius 1 is 1.19 bits per heavy atom. The van der Waals surface area contributed by atoms with Crippen molar-refractivity contribution in [2.45, 2.75) is 38.1 Å². The van der Waals surface area contributed by atoms with Crippen LogP contribution in [-0.2, 0) is 17.6 Å². The number of fused-ring (bicyclic) bond motifs is 2. The second-order valence-electron chi connectivity index (χ2n) is 7.88. The molecule has 1 aromatic carbocycles. The molecule has 2 amide bonds. The van der Waals surface area contributed by atoms with Gasteiger partial charge in [0.05, 0.1) is 12.7 Å². The van der Waals surface area contributed by atoms with Gasteiger partial charge in [-0.15, -0.1) is 11.3 Å². The van der Waals surface area contributed by atoms with Crippen molar-refractivity contribution in [2.24, 2.45) is 0 Å². The number of anilines is 1. The summed E-state index contributed by atoms with van der Waals surface area (Å²) in [6, 6.07) is 3.89. The lowest BCUT2D eigenvalue weighted by molar-refractivity contribution is -0.111. The normalized spacial score (nSPS) is 16.8. The monoisotopic (exact) mass is 440 g/mol. The fourth-order valence-corrected chi connectivity index (χ4v) is 5.22. The summed E-state index contributed by atoms with van der Waals surface area (Å²) in [6.07, 6.45) is 8.13. The Morgan fingerprint density at radius 2 is 2.03 bits per heavy atom. The number of hydrogen-bond donors (Lipinski definition) is 2. The van der Waals surface area contributed by atoms with E-state index in [1.807, 2.05) is 6.07 Å². The lowest BCUT2D eigenvalue weighted by Gasteiger charge is -2.20. The predicted molar refractivity (Wildman–Crippen MR) is 118 cm³/mol. The molecule has 0 saturated heterocycles. The summed E-state index contributed by atoms with van der Waals surface area (Å²) in [5.74, 6) is 1.38. The van der Waals surface area contributed by atoms with Gasteiger partial charge in [0.15, 0.2) is 11.5 Å². The van der Waals surface area contributed by atoms with Gasteiger partial charge in [-0.05, 0) is 61.4 Å². The molecule has 8 heteroatoms. The molecule has 0 bridgehead atoms. The zero-order valence-corrected chi connectivity index (χ0v) is 18.1. The van der Waals surface area contributed by atoms with Crippen molar-refractivity contribution >= 4 is 34.2 Å². The van der Waals surface area contributed by atoms with Crippen LogP contribution in [0.3, 0.4) is 0 Å². The van der Waals surface area contributed by atoms with Gasteiger partial charge in [0.25, 0.3) is 5.91 Å². The minimum atomic E-state index is -0.283. The maximum absolute atomic E-state index is 12.8. The molecule has 1 saturated carbocycles. The van der Waals surface area contributed by atoms with Gasteiger partial charge in [-0.25, -0.2) is 0 Å². The number of methoxy groups -OCH3 is 1. The summed E-state index contributed by atoms with van der Waals surface area (Å²) in [6.45, 7) is 0.945. The molecule has 1 aromatic heterocycles. The van der Waals surface area contributed by atoms with Crippen LogP contribution in [0, 0.1) is 0 Å². The number of thiophene rings is 1. The van der Waals surface area contributed by atoms with Crippen LogP contribution < -0.4 is 24.8 Å². The highest BCUT2D eigenvalue weighted by Gasteiger charge is 2.30. The van der Waals surface area contributed by atoms with Gasteiger partial charge in [0.2, 0.25) is 11.7 Å². The van der Waals surface area contributed by atoms with E-state index in [4.69, 9.17) is 14.2 Å². The average Bonchev–Trinajstić information content (AvgIpc) is 3.36. The highest BCUT2D eigenvalue weighted by atomic mass is 32.1. The number of amides is 2. The van der Waals surface area contributed by atoms with Crippen molar-refractivity contribution < 1.29 is 23.8 Å². The van der Waals surface area contributed by atoms with E-state index in [-0.39, 0.29) is 17.9 Å². The topological polar surface area (TPSA) is 85.9 Å². The maximum atomic E-state index is 12.8. The van der Waals surface area contributed by atoms with Gasteiger partial charge in [-0.2, -0.15) is 0 Å². The predicted octanol–water partition coefficient (Wildman–Crippen LogP) is 3.56. The minimum Gasteiger partial charge on any atom is -0.493 e. The number of aryl methyl sites for hydroxylation is 1. The van der Waals surface area contributed by atoms with Gasteiger partial charge < -0.3 is 24.8 Å². The summed E-state index contributed by atoms with van der Waals surface area (Å²) in [5, 5.41) is 6.61. The van der Waals surface area contributed by atoms with E-state index in [2.05, 4.69) is 10.6 Å². The number of nitrogens with one attached hydrogen (secondary N) is 2. The Bertz CT molecular complexity index is 1050. The molecule has 0 radical (unpaired) electrons. The van der Waals surface area contributed by atoms with Crippen molar-refractivity contribution in [1.29, 1.82) is 0 Å². The van der Waals surface area contributed by atoms with E-state index in [1.165, 1.54) is 22.3 Å². The van der Waals surface area contributed by atoms with E-state index in [1.54, 1.807) is 19.3 Å². The number of hydrogen-bond acceptors (Lipinski definition) is 6. The zero-order chi connectivity index (χ0) is 21.4. The van der Waals surface area contributed by atoms with Gasteiger partial charge in [0, 0.05) is 17.0 Å². The van der Waals surface area contributed by atoms with Gasteiger partial charge in [-0.3, -0.25) is 9.59 Å². The molecule has 2 N–H and O–H groups in total. The van der Waals surface area contributed by atoms with E-state index >= 15 is 0 Å². The van der Waals surface area contributed by atoms with Crippen molar-refractivity contribution in [3.05, 3.63) is 39.8 Å². The van der Waals surface area contributed by atoms with E-state index < -0.39 is 0 Å². The van der Waals surface area contributed by atoms with Crippen LogP contribution in [0.25, 0.3) is 6.08 Å². The van der Waals surface area contributed by atoms with Crippen LogP contribution >= 0.6 is 11.3 Å². The molecule has 2 heterocycles. The molecule has 5 rings (SSSR count). The molecule has 31 heavy (non-hydrogen) atoms. The van der Waals surface area contributed by atoms with Crippen LogP contribution in [0.15, 0.2) is 18.2 Å². The van der Waals surface area contributed by atoms with Crippen LogP contribution in [-0.4, -0.2) is 38.2 Å². The fraction of sp³-hybridized carbons (Fsp3) is 0.391. The second-order valence-corrected chi connectivity index (χ2v) is 8.98. The molecule has 0 unspecified atom stereocenters. The third-order valence-corrected chi connectivity index (χ3v) is 6.78. The number of carbonyl (C=O) groups excluding carboxylic acids is 2. The summed E-state index contributed by atoms with van der Waals surface area (Å²) < 4.78 is 16.6. The van der Waals surface area contributed by atoms with Crippen molar-refractivity contribution in [1.82, 2.24) is 5.32 Å². The lowest BCUT2D eigenvalue weighted by Crippen LogP contribution is -2.27. The molecule has 1 aliphatic heterocycles. The molecule has 2 aromatic rings. The zero-order valence-electron chi connectivity index (χ0n) is 17.3. The highest BCUT2D eigenvalue weighted by molar-refractivity contribution is 7.17. The molecule has 7 nitrogen and oxygen atoms in total. The summed E-state index contributed by atoms with van der Waals surface area (Å²) >= 11 is 1.52. The summed E-state index contributed by atoms with van der Waals surface area (Å²) in [4.78, 5) is 26.7. The first-order valence-corrected chi connectivity index (χ1v) is 11.4. The fourth-order valence-electron chi connectivity index (χ4n) is 3.93. The number of ether oxygens (including phenoxy) is 3. The Labute approximate surface area is 184 Å². The van der Waals surface area contributed by atoms with Crippen molar-refractivity contribution in [3.63, 3.8) is 0 Å². The third kappa shape index (κ3) is 4.12. The second kappa shape index (κ2) is 8.26. The third-order valence-electron chi connectivity index (χ3n) is 5.58. The molecule has 0 atom stereocenters. The summed E-state index contributed by atoms with van der Waals surface area (Å²) in [5.41, 5.74) is 2.50. The Kier molecular flexibility index (Phi) is 5.31. The first-order chi connectivity index (χ1) is 15.1. The van der Waals surface area contributed by atoms with Gasteiger partial charge >= 0.3 is 0 Å². The first kappa shape index (κ1) is 19.9. The SMILES string of the molecule is COc1cc(/C=C\C(=O)Nc2sc3c(c2C(=O)NC2CC2)CCC3)cc2c1OCCO2. The van der Waals surface area contributed by atoms with E-state index in [0.29, 0.717) is 41.0 Å².